The Labute approximate surface area is 61.3 Å². The molecule has 68 valence electrons. The van der Waals surface area contributed by atoms with Crippen LogP contribution in [0.15, 0.2) is 0 Å². The molecule has 0 amide bonds. The molecule has 0 saturated heterocycles. The summed E-state index contributed by atoms with van der Waals surface area (Å²) in [4.78, 5) is 0. The van der Waals surface area contributed by atoms with E-state index in [-0.39, 0.29) is 6.54 Å². The Bertz CT molecular complexity index is 208. The molecule has 0 rings (SSSR count). The smallest absolute Gasteiger partial charge is 0.328 e. The van der Waals surface area contributed by atoms with Crippen LogP contribution in [-0.2, 0) is 14.3 Å². The van der Waals surface area contributed by atoms with Crippen molar-refractivity contribution in [2.24, 2.45) is 5.73 Å². The van der Waals surface area contributed by atoms with Crippen LogP contribution in [-0.4, -0.2) is 27.1 Å². The number of alkyl halides is 3. The van der Waals surface area contributed by atoms with Gasteiger partial charge in [-0.05, 0) is 0 Å². The maximum Gasteiger partial charge on any atom is 0.523 e. The highest BCUT2D eigenvalue weighted by Crippen LogP contribution is 2.23. The van der Waals surface area contributed by atoms with Gasteiger partial charge in [0.05, 0.1) is 6.61 Å². The van der Waals surface area contributed by atoms with Gasteiger partial charge in [0.25, 0.3) is 0 Å². The van der Waals surface area contributed by atoms with Crippen molar-refractivity contribution in [1.82, 2.24) is 0 Å². The number of rotatable bonds is 3. The normalized spacial score (nSPS) is 13.5. The molecule has 2 N–H and O–H groups in total. The largest absolute Gasteiger partial charge is 0.523 e. The first-order valence-corrected chi connectivity index (χ1v) is 3.88. The first-order valence-electron chi connectivity index (χ1n) is 2.47. The van der Waals surface area contributed by atoms with E-state index in [9.17, 15) is 21.6 Å². The van der Waals surface area contributed by atoms with Gasteiger partial charge in [-0.1, -0.05) is 0 Å². The van der Waals surface area contributed by atoms with Gasteiger partial charge >= 0.3 is 15.6 Å². The lowest BCUT2D eigenvalue weighted by atomic mass is 10.8. The average Bonchev–Trinajstić information content (AvgIpc) is 1.81. The van der Waals surface area contributed by atoms with Crippen LogP contribution >= 0.6 is 0 Å². The number of hydrogen-bond donors (Lipinski definition) is 1. The zero-order valence-electron chi connectivity index (χ0n) is 5.26. The van der Waals surface area contributed by atoms with Gasteiger partial charge < -0.3 is 5.73 Å². The van der Waals surface area contributed by atoms with E-state index in [0.29, 0.717) is 0 Å². The fourth-order valence-electron chi connectivity index (χ4n) is 0.225. The predicted molar refractivity (Wildman–Crippen MR) is 30.0 cm³/mol. The van der Waals surface area contributed by atoms with Crippen molar-refractivity contribution < 1.29 is 25.8 Å². The lowest BCUT2D eigenvalue weighted by molar-refractivity contribution is -0.0540. The maximum absolute atomic E-state index is 11.4. The Morgan fingerprint density at radius 3 is 2.09 bits per heavy atom. The van der Waals surface area contributed by atoms with Crippen LogP contribution in [0.25, 0.3) is 0 Å². The molecule has 0 unspecified atom stereocenters. The lowest BCUT2D eigenvalue weighted by Gasteiger charge is -2.06. The van der Waals surface area contributed by atoms with Crippen molar-refractivity contribution >= 4 is 10.1 Å². The van der Waals surface area contributed by atoms with E-state index in [1.54, 1.807) is 0 Å². The van der Waals surface area contributed by atoms with Crippen molar-refractivity contribution in [2.45, 2.75) is 5.51 Å². The van der Waals surface area contributed by atoms with Crippen LogP contribution < -0.4 is 5.73 Å². The molecule has 0 heterocycles. The van der Waals surface area contributed by atoms with Gasteiger partial charge in [-0.3, -0.25) is 4.18 Å². The van der Waals surface area contributed by atoms with Gasteiger partial charge in [0.2, 0.25) is 0 Å². The third-order valence-corrected chi connectivity index (χ3v) is 1.68. The summed E-state index contributed by atoms with van der Waals surface area (Å²) >= 11 is 0. The van der Waals surface area contributed by atoms with Crippen LogP contribution in [0, 0.1) is 0 Å². The zero-order chi connectivity index (χ0) is 9.12. The maximum atomic E-state index is 11.4. The van der Waals surface area contributed by atoms with E-state index in [1.807, 2.05) is 0 Å². The molecule has 0 aromatic rings. The van der Waals surface area contributed by atoms with Gasteiger partial charge in [-0.25, -0.2) is 0 Å². The molecular weight excluding hydrogens is 187 g/mol. The molecule has 0 bridgehead atoms. The van der Waals surface area contributed by atoms with Crippen LogP contribution in [0.5, 0.6) is 0 Å². The van der Waals surface area contributed by atoms with E-state index >= 15 is 0 Å². The molecule has 0 aromatic heterocycles. The molecule has 0 aliphatic heterocycles. The van der Waals surface area contributed by atoms with Gasteiger partial charge in [0, 0.05) is 6.54 Å². The fourth-order valence-corrected chi connectivity index (χ4v) is 0.674. The first-order chi connectivity index (χ1) is 4.81. The standard InChI is InChI=1S/C3H6F3NO3S/c4-3(5,6)11(8,9)10-2-1-7/h1-2,7H2. The Balaban J connectivity index is 4.26. The Kier molecular flexibility index (Phi) is 3.27. The Morgan fingerprint density at radius 1 is 1.36 bits per heavy atom. The Hall–Kier alpha value is -0.340. The van der Waals surface area contributed by atoms with E-state index in [2.05, 4.69) is 4.18 Å². The second-order valence-electron chi connectivity index (χ2n) is 1.51. The Morgan fingerprint density at radius 2 is 1.82 bits per heavy atom. The molecule has 0 atom stereocenters. The second kappa shape index (κ2) is 3.37. The molecule has 4 nitrogen and oxygen atoms in total. The summed E-state index contributed by atoms with van der Waals surface area (Å²) in [5.41, 5.74) is -0.637. The highest BCUT2D eigenvalue weighted by Gasteiger charge is 2.47. The van der Waals surface area contributed by atoms with Gasteiger partial charge in [-0.2, -0.15) is 21.6 Å². The summed E-state index contributed by atoms with van der Waals surface area (Å²) in [6, 6.07) is 0. The van der Waals surface area contributed by atoms with E-state index in [0.717, 1.165) is 0 Å². The third kappa shape index (κ3) is 3.04. The first kappa shape index (κ1) is 10.7. The van der Waals surface area contributed by atoms with E-state index < -0.39 is 22.2 Å². The number of halogens is 3. The number of nitrogens with two attached hydrogens (primary N) is 1. The molecule has 0 aliphatic rings. The minimum Gasteiger partial charge on any atom is -0.328 e. The second-order valence-corrected chi connectivity index (χ2v) is 3.12. The molecule has 0 aliphatic carbocycles. The highest BCUT2D eigenvalue weighted by atomic mass is 32.2. The van der Waals surface area contributed by atoms with Crippen molar-refractivity contribution in [2.75, 3.05) is 13.2 Å². The summed E-state index contributed by atoms with van der Waals surface area (Å²) in [5.74, 6) is 0. The molecule has 8 heteroatoms. The van der Waals surface area contributed by atoms with Crippen LogP contribution in [0.4, 0.5) is 13.2 Å². The van der Waals surface area contributed by atoms with Crippen molar-refractivity contribution in [1.29, 1.82) is 0 Å². The average molecular weight is 193 g/mol. The fraction of sp³-hybridized carbons (Fsp3) is 1.00. The highest BCUT2D eigenvalue weighted by molar-refractivity contribution is 7.87. The van der Waals surface area contributed by atoms with Crippen LogP contribution in [0.2, 0.25) is 0 Å². The molecule has 0 aromatic carbocycles. The molecule has 0 saturated carbocycles. The van der Waals surface area contributed by atoms with Gasteiger partial charge in [-0.15, -0.1) is 0 Å². The molecule has 0 fully saturated rings. The van der Waals surface area contributed by atoms with Gasteiger partial charge in [0.1, 0.15) is 0 Å². The molecule has 11 heavy (non-hydrogen) atoms. The number of hydrogen-bond acceptors (Lipinski definition) is 4. The van der Waals surface area contributed by atoms with E-state index in [4.69, 9.17) is 5.73 Å². The van der Waals surface area contributed by atoms with E-state index in [1.165, 1.54) is 0 Å². The summed E-state index contributed by atoms with van der Waals surface area (Å²) < 4.78 is 57.7. The van der Waals surface area contributed by atoms with Crippen LogP contribution in [0.3, 0.4) is 0 Å². The van der Waals surface area contributed by atoms with Crippen LogP contribution in [0.1, 0.15) is 0 Å². The summed E-state index contributed by atoms with van der Waals surface area (Å²) in [5, 5.41) is 0. The van der Waals surface area contributed by atoms with Crippen molar-refractivity contribution in [3.8, 4) is 0 Å². The predicted octanol–water partition coefficient (Wildman–Crippen LogP) is -0.189. The third-order valence-electron chi connectivity index (χ3n) is 0.640. The lowest BCUT2D eigenvalue weighted by Crippen LogP contribution is -2.27. The summed E-state index contributed by atoms with van der Waals surface area (Å²) in [6.45, 7) is -0.947. The zero-order valence-corrected chi connectivity index (χ0v) is 6.07. The summed E-state index contributed by atoms with van der Waals surface area (Å²) in [6.07, 6.45) is 0. The monoisotopic (exact) mass is 193 g/mol. The minimum absolute atomic E-state index is 0.282. The van der Waals surface area contributed by atoms with Gasteiger partial charge in [0.15, 0.2) is 0 Å². The summed E-state index contributed by atoms with van der Waals surface area (Å²) in [7, 11) is -5.44. The SMILES string of the molecule is NCCOS(=O)(=O)C(F)(F)F. The van der Waals surface area contributed by atoms with Crippen molar-refractivity contribution in [3.63, 3.8) is 0 Å². The topological polar surface area (TPSA) is 69.4 Å². The van der Waals surface area contributed by atoms with Crippen molar-refractivity contribution in [3.05, 3.63) is 0 Å². The minimum atomic E-state index is -5.44. The molecule has 0 spiro atoms. The quantitative estimate of drug-likeness (QED) is 0.498. The molecular formula is C3H6F3NO3S. The molecule has 0 radical (unpaired) electrons.